The van der Waals surface area contributed by atoms with Gasteiger partial charge in [0.15, 0.2) is 0 Å². The van der Waals surface area contributed by atoms with Crippen LogP contribution < -0.4 is 0 Å². The summed E-state index contributed by atoms with van der Waals surface area (Å²) in [5.74, 6) is -1.07. The lowest BCUT2D eigenvalue weighted by molar-refractivity contribution is 0.0695. The number of piperidine rings is 1. The maximum absolute atomic E-state index is 12.2. The molecule has 2 heterocycles. The van der Waals surface area contributed by atoms with E-state index in [1.807, 2.05) is 0 Å². The number of carboxylic acid groups (broad SMARTS) is 1. The van der Waals surface area contributed by atoms with E-state index in [1.54, 1.807) is 0 Å². The van der Waals surface area contributed by atoms with E-state index in [0.717, 1.165) is 25.3 Å². The van der Waals surface area contributed by atoms with Crippen molar-refractivity contribution in [3.05, 3.63) is 17.4 Å². The Morgan fingerprint density at radius 2 is 1.94 bits per heavy atom. The zero-order valence-corrected chi connectivity index (χ0v) is 10.9. The number of furan rings is 1. The lowest BCUT2D eigenvalue weighted by atomic mass is 10.2. The largest absolute Gasteiger partial charge is 0.478 e. The predicted molar refractivity (Wildman–Crippen MR) is 63.0 cm³/mol. The number of hydrogen-bond acceptors (Lipinski definition) is 4. The SMILES string of the molecule is Cc1oc(S(=O)(=O)N2CCCCC2)cc1C(=O)O. The van der Waals surface area contributed by atoms with Crippen LogP contribution in [0.4, 0.5) is 0 Å². The van der Waals surface area contributed by atoms with Crippen LogP contribution in [0.15, 0.2) is 15.6 Å². The molecule has 1 aromatic rings. The third-order valence-corrected chi connectivity index (χ3v) is 4.79. The molecular weight excluding hydrogens is 258 g/mol. The highest BCUT2D eigenvalue weighted by Crippen LogP contribution is 2.24. The third-order valence-electron chi connectivity index (χ3n) is 3.03. The molecule has 1 saturated heterocycles. The van der Waals surface area contributed by atoms with E-state index in [4.69, 9.17) is 9.52 Å². The Labute approximate surface area is 105 Å². The second-order valence-electron chi connectivity index (χ2n) is 4.31. The molecule has 0 aliphatic carbocycles. The number of sulfonamides is 1. The van der Waals surface area contributed by atoms with Gasteiger partial charge in [-0.1, -0.05) is 6.42 Å². The van der Waals surface area contributed by atoms with Crippen LogP contribution in [0.1, 0.15) is 35.4 Å². The zero-order chi connectivity index (χ0) is 13.3. The summed E-state index contributed by atoms with van der Waals surface area (Å²) in [6.45, 7) is 2.37. The molecule has 0 saturated carbocycles. The molecule has 0 spiro atoms. The van der Waals surface area contributed by atoms with Crippen LogP contribution in [0.5, 0.6) is 0 Å². The van der Waals surface area contributed by atoms with Gasteiger partial charge in [0, 0.05) is 19.2 Å². The topological polar surface area (TPSA) is 87.8 Å². The van der Waals surface area contributed by atoms with Crippen LogP contribution in [0.25, 0.3) is 0 Å². The summed E-state index contributed by atoms with van der Waals surface area (Å²) in [4.78, 5) is 10.9. The smallest absolute Gasteiger partial charge is 0.339 e. The highest BCUT2D eigenvalue weighted by atomic mass is 32.2. The van der Waals surface area contributed by atoms with Crippen molar-refractivity contribution in [3.63, 3.8) is 0 Å². The normalized spacial score (nSPS) is 17.8. The van der Waals surface area contributed by atoms with Crippen LogP contribution in [0.3, 0.4) is 0 Å². The van der Waals surface area contributed by atoms with Crippen LogP contribution >= 0.6 is 0 Å². The summed E-state index contributed by atoms with van der Waals surface area (Å²) < 4.78 is 30.9. The van der Waals surface area contributed by atoms with Crippen molar-refractivity contribution < 1.29 is 22.7 Å². The molecule has 1 N–H and O–H groups in total. The van der Waals surface area contributed by atoms with Crippen molar-refractivity contribution in [2.24, 2.45) is 0 Å². The standard InChI is InChI=1S/C11H15NO5S/c1-8-9(11(13)14)7-10(17-8)18(15,16)12-5-3-2-4-6-12/h7H,2-6H2,1H3,(H,13,14). The third kappa shape index (κ3) is 2.28. The van der Waals surface area contributed by atoms with Crippen molar-refractivity contribution in [1.82, 2.24) is 4.31 Å². The van der Waals surface area contributed by atoms with Gasteiger partial charge in [0.2, 0.25) is 5.09 Å². The Morgan fingerprint density at radius 1 is 1.33 bits per heavy atom. The molecule has 6 nitrogen and oxygen atoms in total. The fraction of sp³-hybridized carbons (Fsp3) is 0.545. The van der Waals surface area contributed by atoms with Gasteiger partial charge in [-0.25, -0.2) is 13.2 Å². The van der Waals surface area contributed by atoms with E-state index < -0.39 is 16.0 Å². The number of nitrogens with zero attached hydrogens (tertiary/aromatic N) is 1. The quantitative estimate of drug-likeness (QED) is 0.900. The molecule has 0 bridgehead atoms. The number of carbonyl (C=O) groups is 1. The minimum absolute atomic E-state index is 0.106. The van der Waals surface area contributed by atoms with Crippen molar-refractivity contribution in [2.45, 2.75) is 31.3 Å². The van der Waals surface area contributed by atoms with Gasteiger partial charge < -0.3 is 9.52 Å². The van der Waals surface area contributed by atoms with E-state index in [-0.39, 0.29) is 16.4 Å². The first-order valence-corrected chi connectivity index (χ1v) is 7.21. The fourth-order valence-electron chi connectivity index (χ4n) is 2.03. The first-order valence-electron chi connectivity index (χ1n) is 5.77. The highest BCUT2D eigenvalue weighted by Gasteiger charge is 2.30. The molecule has 100 valence electrons. The Kier molecular flexibility index (Phi) is 3.45. The minimum atomic E-state index is -3.69. The van der Waals surface area contributed by atoms with Crippen molar-refractivity contribution in [2.75, 3.05) is 13.1 Å². The Morgan fingerprint density at radius 3 is 2.44 bits per heavy atom. The van der Waals surface area contributed by atoms with Crippen molar-refractivity contribution in [3.8, 4) is 0 Å². The van der Waals surface area contributed by atoms with Crippen LogP contribution in [0.2, 0.25) is 0 Å². The van der Waals surface area contributed by atoms with Gasteiger partial charge in [-0.2, -0.15) is 4.31 Å². The van der Waals surface area contributed by atoms with Gasteiger partial charge in [-0.05, 0) is 19.8 Å². The monoisotopic (exact) mass is 273 g/mol. The van der Waals surface area contributed by atoms with E-state index in [2.05, 4.69) is 0 Å². The molecule has 2 rings (SSSR count). The summed E-state index contributed by atoms with van der Waals surface area (Å²) in [6, 6.07) is 1.08. The molecule has 0 aromatic carbocycles. The average Bonchev–Trinajstić information content (AvgIpc) is 2.73. The summed E-state index contributed by atoms with van der Waals surface area (Å²) >= 11 is 0. The molecule has 7 heteroatoms. The number of aryl methyl sites for hydroxylation is 1. The molecule has 1 aliphatic rings. The Bertz CT molecular complexity index is 554. The molecule has 1 aliphatic heterocycles. The van der Waals surface area contributed by atoms with Crippen LogP contribution in [-0.4, -0.2) is 36.9 Å². The lowest BCUT2D eigenvalue weighted by Crippen LogP contribution is -2.35. The molecule has 18 heavy (non-hydrogen) atoms. The highest BCUT2D eigenvalue weighted by molar-refractivity contribution is 7.89. The molecule has 0 atom stereocenters. The van der Waals surface area contributed by atoms with E-state index in [0.29, 0.717) is 13.1 Å². The number of rotatable bonds is 3. The summed E-state index contributed by atoms with van der Waals surface area (Å²) in [5.41, 5.74) is -0.106. The average molecular weight is 273 g/mol. The van der Waals surface area contributed by atoms with Gasteiger partial charge in [0.05, 0.1) is 0 Å². The lowest BCUT2D eigenvalue weighted by Gasteiger charge is -2.24. The number of hydrogen-bond donors (Lipinski definition) is 1. The maximum atomic E-state index is 12.2. The van der Waals surface area contributed by atoms with E-state index >= 15 is 0 Å². The van der Waals surface area contributed by atoms with E-state index in [1.165, 1.54) is 11.2 Å². The minimum Gasteiger partial charge on any atom is -0.478 e. The summed E-state index contributed by atoms with van der Waals surface area (Å²) in [7, 11) is -3.69. The first kappa shape index (κ1) is 13.1. The fourth-order valence-corrected chi connectivity index (χ4v) is 3.52. The molecule has 0 radical (unpaired) electrons. The van der Waals surface area contributed by atoms with Crippen molar-refractivity contribution in [1.29, 1.82) is 0 Å². The Hall–Kier alpha value is -1.34. The van der Waals surface area contributed by atoms with Gasteiger partial charge in [0.1, 0.15) is 11.3 Å². The van der Waals surface area contributed by atoms with Gasteiger partial charge in [-0.3, -0.25) is 0 Å². The molecule has 1 fully saturated rings. The summed E-state index contributed by atoms with van der Waals surface area (Å²) in [5, 5.41) is 8.61. The van der Waals surface area contributed by atoms with Crippen molar-refractivity contribution >= 4 is 16.0 Å². The zero-order valence-electron chi connectivity index (χ0n) is 10.0. The first-order chi connectivity index (χ1) is 8.43. The second kappa shape index (κ2) is 4.74. The predicted octanol–water partition coefficient (Wildman–Crippen LogP) is 1.46. The maximum Gasteiger partial charge on any atom is 0.339 e. The van der Waals surface area contributed by atoms with Gasteiger partial charge >= 0.3 is 5.97 Å². The molecule has 0 unspecified atom stereocenters. The van der Waals surface area contributed by atoms with Gasteiger partial charge in [0.25, 0.3) is 10.0 Å². The van der Waals surface area contributed by atoms with Crippen LogP contribution in [-0.2, 0) is 10.0 Å². The number of carboxylic acids is 1. The Balaban J connectivity index is 2.35. The van der Waals surface area contributed by atoms with E-state index in [9.17, 15) is 13.2 Å². The molecule has 1 aromatic heterocycles. The second-order valence-corrected chi connectivity index (χ2v) is 6.17. The van der Waals surface area contributed by atoms with Gasteiger partial charge in [-0.15, -0.1) is 0 Å². The molecule has 0 amide bonds. The van der Waals surface area contributed by atoms with Crippen LogP contribution in [0, 0.1) is 6.92 Å². The summed E-state index contributed by atoms with van der Waals surface area (Å²) in [6.07, 6.45) is 2.67. The number of aromatic carboxylic acids is 1. The molecular formula is C11H15NO5S.